The largest absolute Gasteiger partial charge is 0.456 e. The van der Waals surface area contributed by atoms with E-state index in [0.29, 0.717) is 5.02 Å². The van der Waals surface area contributed by atoms with E-state index >= 15 is 0 Å². The molecule has 0 radical (unpaired) electrons. The Kier molecular flexibility index (Phi) is 7.86. The Labute approximate surface area is 158 Å². The van der Waals surface area contributed by atoms with Crippen LogP contribution in [0.25, 0.3) is 0 Å². The van der Waals surface area contributed by atoms with Crippen LogP contribution in [0.5, 0.6) is 0 Å². The van der Waals surface area contributed by atoms with Gasteiger partial charge in [-0.25, -0.2) is 13.1 Å². The minimum absolute atomic E-state index is 0.0575. The topological polar surface area (TPSA) is 102 Å². The van der Waals surface area contributed by atoms with Crippen molar-refractivity contribution in [3.8, 4) is 0 Å². The summed E-state index contributed by atoms with van der Waals surface area (Å²) in [6.07, 6.45) is 5.12. The van der Waals surface area contributed by atoms with E-state index in [1.807, 2.05) is 0 Å². The van der Waals surface area contributed by atoms with Crippen molar-refractivity contribution in [3.63, 3.8) is 0 Å². The molecule has 0 saturated heterocycles. The molecular formula is C17H23ClN2O5S. The maximum atomic E-state index is 12.0. The quantitative estimate of drug-likeness (QED) is 0.647. The molecule has 0 bridgehead atoms. The van der Waals surface area contributed by atoms with Gasteiger partial charge in [0.2, 0.25) is 10.0 Å². The number of amides is 1. The summed E-state index contributed by atoms with van der Waals surface area (Å²) < 4.78 is 31.3. The first-order chi connectivity index (χ1) is 12.4. The first-order valence-corrected chi connectivity index (χ1v) is 10.4. The fourth-order valence-electron chi connectivity index (χ4n) is 2.72. The Bertz CT molecular complexity index is 715. The van der Waals surface area contributed by atoms with Gasteiger partial charge < -0.3 is 10.1 Å². The smallest absolute Gasteiger partial charge is 0.307 e. The standard InChI is InChI=1S/C17H23ClN2O5S/c18-13-6-8-15(9-7-13)26(23,24)19-11-10-17(22)25-12-16(21)20-14-4-2-1-3-5-14/h6-9,14,19H,1-5,10-12H2,(H,20,21). The van der Waals surface area contributed by atoms with Crippen molar-refractivity contribution in [3.05, 3.63) is 29.3 Å². The third-order valence-electron chi connectivity index (χ3n) is 4.08. The average Bonchev–Trinajstić information content (AvgIpc) is 2.61. The molecule has 1 amide bonds. The molecule has 0 heterocycles. The minimum atomic E-state index is -3.72. The fourth-order valence-corrected chi connectivity index (χ4v) is 3.88. The summed E-state index contributed by atoms with van der Waals surface area (Å²) in [5.41, 5.74) is 0. The number of carbonyl (C=O) groups is 2. The van der Waals surface area contributed by atoms with E-state index in [-0.39, 0.29) is 36.4 Å². The summed E-state index contributed by atoms with van der Waals surface area (Å²) in [5.74, 6) is -0.963. The van der Waals surface area contributed by atoms with Crippen LogP contribution in [0.1, 0.15) is 38.5 Å². The van der Waals surface area contributed by atoms with Crippen LogP contribution in [0.4, 0.5) is 0 Å². The molecule has 1 aliphatic rings. The van der Waals surface area contributed by atoms with Gasteiger partial charge in [0.25, 0.3) is 5.91 Å². The molecule has 0 atom stereocenters. The van der Waals surface area contributed by atoms with Gasteiger partial charge in [0, 0.05) is 17.6 Å². The summed E-state index contributed by atoms with van der Waals surface area (Å²) in [7, 11) is -3.72. The zero-order chi connectivity index (χ0) is 19.0. The second kappa shape index (κ2) is 9.89. The Morgan fingerprint density at radius 2 is 1.77 bits per heavy atom. The molecule has 1 saturated carbocycles. The Hall–Kier alpha value is -1.64. The molecule has 0 unspecified atom stereocenters. The van der Waals surface area contributed by atoms with E-state index in [9.17, 15) is 18.0 Å². The summed E-state index contributed by atoms with van der Waals surface area (Å²) in [5, 5.41) is 3.27. The van der Waals surface area contributed by atoms with Crippen molar-refractivity contribution in [1.82, 2.24) is 10.0 Å². The van der Waals surface area contributed by atoms with Gasteiger partial charge in [-0.2, -0.15) is 0 Å². The number of rotatable bonds is 8. The molecule has 9 heteroatoms. The number of sulfonamides is 1. The van der Waals surface area contributed by atoms with Gasteiger partial charge in [-0.15, -0.1) is 0 Å². The van der Waals surface area contributed by atoms with E-state index in [4.69, 9.17) is 16.3 Å². The monoisotopic (exact) mass is 402 g/mol. The molecule has 0 aliphatic heterocycles. The van der Waals surface area contributed by atoms with Crippen LogP contribution in [-0.2, 0) is 24.3 Å². The van der Waals surface area contributed by atoms with Crippen molar-refractivity contribution >= 4 is 33.5 Å². The molecule has 7 nitrogen and oxygen atoms in total. The zero-order valence-electron chi connectivity index (χ0n) is 14.4. The highest BCUT2D eigenvalue weighted by atomic mass is 35.5. The van der Waals surface area contributed by atoms with E-state index in [1.165, 1.54) is 30.7 Å². The maximum Gasteiger partial charge on any atom is 0.307 e. The second-order valence-electron chi connectivity index (χ2n) is 6.16. The van der Waals surface area contributed by atoms with Crippen molar-refractivity contribution in [2.45, 2.75) is 49.5 Å². The van der Waals surface area contributed by atoms with Crippen LogP contribution in [-0.4, -0.2) is 39.5 Å². The van der Waals surface area contributed by atoms with Crippen molar-refractivity contribution in [2.75, 3.05) is 13.2 Å². The molecule has 1 fully saturated rings. The molecule has 2 N–H and O–H groups in total. The minimum Gasteiger partial charge on any atom is -0.456 e. The Balaban J connectivity index is 1.66. The number of hydrogen-bond acceptors (Lipinski definition) is 5. The lowest BCUT2D eigenvalue weighted by molar-refractivity contribution is -0.148. The number of halogens is 1. The SMILES string of the molecule is O=C(COC(=O)CCNS(=O)(=O)c1ccc(Cl)cc1)NC1CCCCC1. The van der Waals surface area contributed by atoms with Gasteiger partial charge in [0.15, 0.2) is 6.61 Å². The summed E-state index contributed by atoms with van der Waals surface area (Å²) >= 11 is 5.72. The molecular weight excluding hydrogens is 380 g/mol. The highest BCUT2D eigenvalue weighted by Gasteiger charge is 2.17. The van der Waals surface area contributed by atoms with Crippen molar-refractivity contribution < 1.29 is 22.7 Å². The highest BCUT2D eigenvalue weighted by Crippen LogP contribution is 2.17. The third-order valence-corrected chi connectivity index (χ3v) is 5.81. The molecule has 1 aromatic carbocycles. The number of benzene rings is 1. The normalized spacial score (nSPS) is 15.4. The average molecular weight is 403 g/mol. The van der Waals surface area contributed by atoms with Gasteiger partial charge >= 0.3 is 5.97 Å². The van der Waals surface area contributed by atoms with Gasteiger partial charge in [-0.1, -0.05) is 30.9 Å². The molecule has 144 valence electrons. The predicted octanol–water partition coefficient (Wildman–Crippen LogP) is 2.00. The molecule has 1 aliphatic carbocycles. The third kappa shape index (κ3) is 6.93. The van der Waals surface area contributed by atoms with Crippen molar-refractivity contribution in [2.24, 2.45) is 0 Å². The van der Waals surface area contributed by atoms with Crippen LogP contribution in [0.2, 0.25) is 5.02 Å². The van der Waals surface area contributed by atoms with Gasteiger partial charge in [-0.3, -0.25) is 9.59 Å². The van der Waals surface area contributed by atoms with Crippen LogP contribution in [0.15, 0.2) is 29.2 Å². The number of nitrogens with one attached hydrogen (secondary N) is 2. The lowest BCUT2D eigenvalue weighted by Crippen LogP contribution is -2.38. The highest BCUT2D eigenvalue weighted by molar-refractivity contribution is 7.89. The van der Waals surface area contributed by atoms with Gasteiger partial charge in [0.1, 0.15) is 0 Å². The van der Waals surface area contributed by atoms with E-state index in [1.54, 1.807) is 0 Å². The Morgan fingerprint density at radius 3 is 2.42 bits per heavy atom. The van der Waals surface area contributed by atoms with Crippen LogP contribution in [0, 0.1) is 0 Å². The molecule has 2 rings (SSSR count). The predicted molar refractivity (Wildman–Crippen MR) is 97.2 cm³/mol. The number of hydrogen-bond donors (Lipinski definition) is 2. The van der Waals surface area contributed by atoms with E-state index in [0.717, 1.165) is 25.7 Å². The number of carbonyl (C=O) groups excluding carboxylic acids is 2. The maximum absolute atomic E-state index is 12.0. The lowest BCUT2D eigenvalue weighted by Gasteiger charge is -2.22. The molecule has 26 heavy (non-hydrogen) atoms. The second-order valence-corrected chi connectivity index (χ2v) is 8.37. The summed E-state index contributed by atoms with van der Waals surface area (Å²) in [4.78, 5) is 23.5. The first-order valence-electron chi connectivity index (χ1n) is 8.57. The summed E-state index contributed by atoms with van der Waals surface area (Å²) in [6, 6.07) is 5.84. The lowest BCUT2D eigenvalue weighted by atomic mass is 9.95. The van der Waals surface area contributed by atoms with Crippen LogP contribution in [0.3, 0.4) is 0 Å². The fraction of sp³-hybridized carbons (Fsp3) is 0.529. The summed E-state index contributed by atoms with van der Waals surface area (Å²) in [6.45, 7) is -0.465. The number of esters is 1. The molecule has 0 aromatic heterocycles. The zero-order valence-corrected chi connectivity index (χ0v) is 15.9. The van der Waals surface area contributed by atoms with E-state index < -0.39 is 16.0 Å². The van der Waals surface area contributed by atoms with Crippen molar-refractivity contribution in [1.29, 1.82) is 0 Å². The molecule has 1 aromatic rings. The van der Waals surface area contributed by atoms with Crippen LogP contribution < -0.4 is 10.0 Å². The van der Waals surface area contributed by atoms with Gasteiger partial charge in [0.05, 0.1) is 11.3 Å². The Morgan fingerprint density at radius 1 is 1.12 bits per heavy atom. The molecule has 0 spiro atoms. The van der Waals surface area contributed by atoms with E-state index in [2.05, 4.69) is 10.0 Å². The number of ether oxygens (including phenoxy) is 1. The van der Waals surface area contributed by atoms with Gasteiger partial charge in [-0.05, 0) is 37.1 Å². The van der Waals surface area contributed by atoms with Crippen LogP contribution >= 0.6 is 11.6 Å². The first kappa shape index (κ1) is 20.7.